The van der Waals surface area contributed by atoms with Gasteiger partial charge in [0.1, 0.15) is 0 Å². The molecule has 0 aromatic heterocycles. The molecule has 0 aliphatic carbocycles. The van der Waals surface area contributed by atoms with Gasteiger partial charge >= 0.3 is 0 Å². The van der Waals surface area contributed by atoms with Crippen molar-refractivity contribution in [3.63, 3.8) is 0 Å². The molecular weight excluding hydrogens is 489 g/mol. The van der Waals surface area contributed by atoms with E-state index < -0.39 is 0 Å². The molecule has 170 valence electrons. The van der Waals surface area contributed by atoms with E-state index in [0.717, 1.165) is 45.2 Å². The summed E-state index contributed by atoms with van der Waals surface area (Å²) in [7, 11) is 1.84. The molecule has 1 aromatic rings. The van der Waals surface area contributed by atoms with E-state index in [9.17, 15) is 0 Å². The Morgan fingerprint density at radius 1 is 0.967 bits per heavy atom. The van der Waals surface area contributed by atoms with Gasteiger partial charge in [0.25, 0.3) is 0 Å². The fourth-order valence-electron chi connectivity index (χ4n) is 4.36. The number of rotatable bonds is 7. The molecule has 0 bridgehead atoms. The van der Waals surface area contributed by atoms with E-state index >= 15 is 0 Å². The van der Waals surface area contributed by atoms with E-state index in [4.69, 9.17) is 4.74 Å². The molecule has 30 heavy (non-hydrogen) atoms. The van der Waals surface area contributed by atoms with E-state index in [2.05, 4.69) is 63.5 Å². The summed E-state index contributed by atoms with van der Waals surface area (Å²) in [6.07, 6.45) is 4.70. The Kier molecular flexibility index (Phi) is 11.4. The molecular formula is C23H40IN5O. The highest BCUT2D eigenvalue weighted by atomic mass is 127. The first-order valence-corrected chi connectivity index (χ1v) is 11.2. The molecule has 2 saturated heterocycles. The number of nitrogens with zero attached hydrogens (tertiary/aromatic N) is 3. The summed E-state index contributed by atoms with van der Waals surface area (Å²) in [5, 5.41) is 6.87. The van der Waals surface area contributed by atoms with Crippen LogP contribution in [-0.2, 0) is 17.8 Å². The van der Waals surface area contributed by atoms with Crippen LogP contribution in [-0.4, -0.2) is 74.3 Å². The van der Waals surface area contributed by atoms with Gasteiger partial charge in [0, 0.05) is 46.3 Å². The van der Waals surface area contributed by atoms with E-state index in [1.807, 2.05) is 7.05 Å². The fraction of sp³-hybridized carbons (Fsp3) is 0.696. The van der Waals surface area contributed by atoms with E-state index in [1.54, 1.807) is 0 Å². The van der Waals surface area contributed by atoms with Gasteiger partial charge in [-0.05, 0) is 50.9 Å². The molecule has 2 heterocycles. The van der Waals surface area contributed by atoms with Gasteiger partial charge in [0.2, 0.25) is 0 Å². The number of nitrogens with one attached hydrogen (secondary N) is 2. The molecule has 0 spiro atoms. The molecule has 0 amide bonds. The summed E-state index contributed by atoms with van der Waals surface area (Å²) in [5.74, 6) is 0.877. The minimum absolute atomic E-state index is 0. The molecule has 7 heteroatoms. The minimum atomic E-state index is 0. The van der Waals surface area contributed by atoms with Crippen molar-refractivity contribution in [2.75, 3.05) is 46.3 Å². The summed E-state index contributed by atoms with van der Waals surface area (Å²) in [6.45, 7) is 12.6. The van der Waals surface area contributed by atoms with Gasteiger partial charge in [-0.2, -0.15) is 0 Å². The molecule has 2 N–H and O–H groups in total. The van der Waals surface area contributed by atoms with Crippen LogP contribution in [0.15, 0.2) is 29.3 Å². The third-order valence-electron chi connectivity index (χ3n) is 5.78. The maximum absolute atomic E-state index is 5.83. The van der Waals surface area contributed by atoms with Crippen LogP contribution >= 0.6 is 24.0 Å². The van der Waals surface area contributed by atoms with Crippen molar-refractivity contribution >= 4 is 29.9 Å². The third-order valence-corrected chi connectivity index (χ3v) is 5.78. The van der Waals surface area contributed by atoms with Crippen molar-refractivity contribution in [1.82, 2.24) is 20.4 Å². The quantitative estimate of drug-likeness (QED) is 0.323. The van der Waals surface area contributed by atoms with Gasteiger partial charge in [-0.3, -0.25) is 9.89 Å². The lowest BCUT2D eigenvalue weighted by atomic mass is 10.1. The van der Waals surface area contributed by atoms with Gasteiger partial charge in [-0.15, -0.1) is 24.0 Å². The third kappa shape index (κ3) is 8.69. The number of halogens is 1. The van der Waals surface area contributed by atoms with Crippen molar-refractivity contribution in [2.24, 2.45) is 4.99 Å². The minimum Gasteiger partial charge on any atom is -0.373 e. The lowest BCUT2D eigenvalue weighted by Crippen LogP contribution is -2.44. The standard InChI is InChI=1S/C23H39N5O.HI/c1-19-16-28(17-20(2)29-19)18-22-9-7-21(8-10-22)15-26-23(24-3)25-11-14-27-12-5-4-6-13-27;/h7-10,19-20H,4-6,11-18H2,1-3H3,(H2,24,25,26);1H. The van der Waals surface area contributed by atoms with Crippen molar-refractivity contribution in [3.05, 3.63) is 35.4 Å². The SMILES string of the molecule is CN=C(NCCN1CCCCC1)NCc1ccc(CN2CC(C)OC(C)C2)cc1.I. The molecule has 2 aliphatic rings. The zero-order valence-corrected chi connectivity index (χ0v) is 21.2. The summed E-state index contributed by atoms with van der Waals surface area (Å²) in [4.78, 5) is 9.38. The van der Waals surface area contributed by atoms with Crippen LogP contribution in [0.4, 0.5) is 0 Å². The highest BCUT2D eigenvalue weighted by Crippen LogP contribution is 2.15. The van der Waals surface area contributed by atoms with Crippen molar-refractivity contribution in [1.29, 1.82) is 0 Å². The average molecular weight is 530 g/mol. The molecule has 1 aromatic carbocycles. The van der Waals surface area contributed by atoms with Crippen molar-refractivity contribution < 1.29 is 4.74 Å². The molecule has 0 saturated carbocycles. The molecule has 2 fully saturated rings. The Hall–Kier alpha value is -0.900. The van der Waals surface area contributed by atoms with E-state index in [0.29, 0.717) is 12.2 Å². The van der Waals surface area contributed by atoms with Gasteiger partial charge in [0.05, 0.1) is 12.2 Å². The van der Waals surface area contributed by atoms with Gasteiger partial charge in [-0.1, -0.05) is 30.7 Å². The summed E-state index contributed by atoms with van der Waals surface area (Å²) >= 11 is 0. The fourth-order valence-corrected chi connectivity index (χ4v) is 4.36. The van der Waals surface area contributed by atoms with E-state index in [1.165, 1.54) is 43.5 Å². The molecule has 0 radical (unpaired) electrons. The molecule has 2 atom stereocenters. The number of benzene rings is 1. The second kappa shape index (κ2) is 13.5. The maximum atomic E-state index is 5.83. The summed E-state index contributed by atoms with van der Waals surface area (Å²) in [6, 6.07) is 8.93. The Balaban J connectivity index is 0.00000320. The predicted octanol–water partition coefficient (Wildman–Crippen LogP) is 3.06. The number of morpholine rings is 1. The Labute approximate surface area is 199 Å². The average Bonchev–Trinajstić information content (AvgIpc) is 2.71. The molecule has 6 nitrogen and oxygen atoms in total. The molecule has 2 unspecified atom stereocenters. The monoisotopic (exact) mass is 529 g/mol. The van der Waals surface area contributed by atoms with Crippen LogP contribution in [0.1, 0.15) is 44.2 Å². The summed E-state index contributed by atoms with van der Waals surface area (Å²) < 4.78 is 5.83. The number of piperidine rings is 1. The number of likely N-dealkylation sites (tertiary alicyclic amines) is 1. The smallest absolute Gasteiger partial charge is 0.191 e. The van der Waals surface area contributed by atoms with Gasteiger partial charge in [-0.25, -0.2) is 0 Å². The number of guanidine groups is 1. The summed E-state index contributed by atoms with van der Waals surface area (Å²) in [5.41, 5.74) is 2.63. The number of hydrogen-bond acceptors (Lipinski definition) is 4. The van der Waals surface area contributed by atoms with Crippen molar-refractivity contribution in [2.45, 2.75) is 58.4 Å². The number of hydrogen-bond donors (Lipinski definition) is 2. The number of ether oxygens (including phenoxy) is 1. The first-order valence-electron chi connectivity index (χ1n) is 11.2. The predicted molar refractivity (Wildman–Crippen MR) is 136 cm³/mol. The first-order chi connectivity index (χ1) is 14.1. The zero-order chi connectivity index (χ0) is 20.5. The second-order valence-corrected chi connectivity index (χ2v) is 8.52. The zero-order valence-electron chi connectivity index (χ0n) is 18.9. The van der Waals surface area contributed by atoms with Gasteiger partial charge < -0.3 is 20.3 Å². The van der Waals surface area contributed by atoms with Crippen LogP contribution in [0.5, 0.6) is 0 Å². The highest BCUT2D eigenvalue weighted by molar-refractivity contribution is 14.0. The Morgan fingerprint density at radius 3 is 2.23 bits per heavy atom. The van der Waals surface area contributed by atoms with Crippen LogP contribution in [0.3, 0.4) is 0 Å². The van der Waals surface area contributed by atoms with Crippen molar-refractivity contribution in [3.8, 4) is 0 Å². The number of aliphatic imine (C=N–C) groups is 1. The lowest BCUT2D eigenvalue weighted by Gasteiger charge is -2.35. The van der Waals surface area contributed by atoms with Crippen LogP contribution in [0, 0.1) is 0 Å². The first kappa shape index (κ1) is 25.4. The van der Waals surface area contributed by atoms with E-state index in [-0.39, 0.29) is 24.0 Å². The van der Waals surface area contributed by atoms with Gasteiger partial charge in [0.15, 0.2) is 5.96 Å². The highest BCUT2D eigenvalue weighted by Gasteiger charge is 2.21. The second-order valence-electron chi connectivity index (χ2n) is 8.52. The molecule has 3 rings (SSSR count). The van der Waals surface area contributed by atoms with Crippen LogP contribution < -0.4 is 10.6 Å². The van der Waals surface area contributed by atoms with Crippen LogP contribution in [0.2, 0.25) is 0 Å². The normalized spacial score (nSPS) is 23.6. The molecule has 2 aliphatic heterocycles. The Morgan fingerprint density at radius 2 is 1.60 bits per heavy atom. The Bertz CT molecular complexity index is 623. The lowest BCUT2D eigenvalue weighted by molar-refractivity contribution is -0.0704. The topological polar surface area (TPSA) is 52.1 Å². The maximum Gasteiger partial charge on any atom is 0.191 e. The van der Waals surface area contributed by atoms with Crippen LogP contribution in [0.25, 0.3) is 0 Å². The largest absolute Gasteiger partial charge is 0.373 e.